The number of rotatable bonds is 11. The normalized spacial score (nSPS) is 12.8. The summed E-state index contributed by atoms with van der Waals surface area (Å²) in [6, 6.07) is 12.9. The molecule has 0 aliphatic rings. The molecule has 20 heteroatoms. The Morgan fingerprint density at radius 2 is 0.946 bits per heavy atom. The Kier molecular flexibility index (Phi) is 13.2. The first-order valence-electron chi connectivity index (χ1n) is 16.4. The molecule has 0 atom stereocenters. The molecule has 0 saturated carbocycles. The highest BCUT2D eigenvalue weighted by Crippen LogP contribution is 2.42. The molecule has 12 nitrogen and oxygen atoms in total. The van der Waals surface area contributed by atoms with E-state index in [1.165, 1.54) is 30.3 Å². The van der Waals surface area contributed by atoms with Gasteiger partial charge in [-0.3, -0.25) is 10.1 Å². The second-order valence-corrected chi connectivity index (χ2v) is 16.8. The van der Waals surface area contributed by atoms with Gasteiger partial charge < -0.3 is 15.2 Å². The summed E-state index contributed by atoms with van der Waals surface area (Å²) in [5.41, 5.74) is 3.06. The summed E-state index contributed by atoms with van der Waals surface area (Å²) in [6.45, 7) is 11.6. The molecular formula is C36H40F6N4O8S2. The highest BCUT2D eigenvalue weighted by Gasteiger charge is 2.34. The van der Waals surface area contributed by atoms with Gasteiger partial charge in [-0.2, -0.15) is 26.3 Å². The molecule has 4 aromatic carbocycles. The Hall–Kier alpha value is -4.92. The number of nitro groups is 1. The van der Waals surface area contributed by atoms with E-state index in [1.807, 2.05) is 41.5 Å². The summed E-state index contributed by atoms with van der Waals surface area (Å²) in [5.74, 6) is -1.05. The molecule has 0 aromatic heterocycles. The standard InChI is InChI=1S/C18H19F3N2O5S.C18H21F3N2O3S/c1-4-17(2,3)11-6-8-16(29(22,26)27)15(10-11)28-14-7-5-12(18(19,20)21)9-13(14)23(24)25;1-4-17(2,3)11-6-8-16(27(23,24)25)15(10-11)26-14-7-5-12(9-13(14)22)18(19,20)21/h5-10H,4H2,1-3H3,(H2,22,26,27);5-10H,4,22H2,1-3H3,(H2,23,24,25). The van der Waals surface area contributed by atoms with Crippen molar-refractivity contribution in [2.45, 2.75) is 87.4 Å². The smallest absolute Gasteiger partial charge is 0.416 e. The number of nitrogens with zero attached hydrogens (tertiary/aromatic N) is 1. The SMILES string of the molecule is CCC(C)(C)c1ccc(S(N)(=O)=O)c(Oc2ccc(C(F)(F)F)cc2N)c1.CCC(C)(C)c1ccc(S(N)(=O)=O)c(Oc2ccc(C(F)(F)F)cc2[N+](=O)[O-])c1. The van der Waals surface area contributed by atoms with Crippen LogP contribution in [0.4, 0.5) is 37.7 Å². The zero-order valence-electron chi connectivity index (χ0n) is 30.9. The van der Waals surface area contributed by atoms with Crippen molar-refractivity contribution in [2.24, 2.45) is 10.3 Å². The molecule has 0 radical (unpaired) electrons. The van der Waals surface area contributed by atoms with Crippen molar-refractivity contribution in [1.82, 2.24) is 0 Å². The third-order valence-corrected chi connectivity index (χ3v) is 11.0. The van der Waals surface area contributed by atoms with Crippen molar-refractivity contribution < 1.29 is 57.6 Å². The third kappa shape index (κ3) is 11.1. The molecular weight excluding hydrogens is 795 g/mol. The number of nitro benzene ring substituents is 1. The number of ether oxygens (including phenoxy) is 2. The van der Waals surface area contributed by atoms with Gasteiger partial charge in [0.2, 0.25) is 25.8 Å². The minimum Gasteiger partial charge on any atom is -0.454 e. The highest BCUT2D eigenvalue weighted by atomic mass is 32.2. The van der Waals surface area contributed by atoms with Crippen LogP contribution >= 0.6 is 0 Å². The van der Waals surface area contributed by atoms with Gasteiger partial charge in [0.25, 0.3) is 0 Å². The molecule has 306 valence electrons. The van der Waals surface area contributed by atoms with E-state index in [0.717, 1.165) is 36.2 Å². The lowest BCUT2D eigenvalue weighted by Gasteiger charge is -2.24. The van der Waals surface area contributed by atoms with Gasteiger partial charge in [-0.1, -0.05) is 53.7 Å². The van der Waals surface area contributed by atoms with Crippen LogP contribution in [0.5, 0.6) is 23.0 Å². The monoisotopic (exact) mass is 834 g/mol. The average Bonchev–Trinajstić information content (AvgIpc) is 3.07. The Morgan fingerprint density at radius 3 is 1.29 bits per heavy atom. The summed E-state index contributed by atoms with van der Waals surface area (Å²) in [5, 5.41) is 21.7. The lowest BCUT2D eigenvalue weighted by molar-refractivity contribution is -0.385. The van der Waals surface area contributed by atoms with Crippen LogP contribution in [0.25, 0.3) is 0 Å². The second-order valence-electron chi connectivity index (χ2n) is 13.8. The first-order chi connectivity index (χ1) is 25.4. The van der Waals surface area contributed by atoms with Gasteiger partial charge in [0, 0.05) is 6.07 Å². The van der Waals surface area contributed by atoms with Crippen LogP contribution in [0.3, 0.4) is 0 Å². The lowest BCUT2D eigenvalue weighted by atomic mass is 9.82. The number of alkyl halides is 6. The van der Waals surface area contributed by atoms with E-state index >= 15 is 0 Å². The molecule has 0 aliphatic carbocycles. The molecule has 0 unspecified atom stereocenters. The Bertz CT molecular complexity index is 2330. The molecule has 4 rings (SSSR count). The molecule has 0 heterocycles. The second kappa shape index (κ2) is 16.3. The number of primary sulfonamides is 2. The van der Waals surface area contributed by atoms with Crippen molar-refractivity contribution in [1.29, 1.82) is 0 Å². The van der Waals surface area contributed by atoms with E-state index in [2.05, 4.69) is 0 Å². The number of hydrogen-bond acceptors (Lipinski definition) is 9. The maximum Gasteiger partial charge on any atom is 0.416 e. The van der Waals surface area contributed by atoms with Gasteiger partial charge in [0.15, 0.2) is 0 Å². The third-order valence-electron chi connectivity index (χ3n) is 9.09. The fraction of sp³-hybridized carbons (Fsp3) is 0.333. The lowest BCUT2D eigenvalue weighted by Crippen LogP contribution is -2.18. The number of sulfonamides is 2. The quantitative estimate of drug-likeness (QED) is 0.0569. The largest absolute Gasteiger partial charge is 0.454 e. The minimum atomic E-state index is -4.79. The number of halogens is 6. The van der Waals surface area contributed by atoms with Crippen LogP contribution in [0.1, 0.15) is 76.6 Å². The Labute approximate surface area is 319 Å². The summed E-state index contributed by atoms with van der Waals surface area (Å²) >= 11 is 0. The number of anilines is 1. The molecule has 0 aliphatic heterocycles. The van der Waals surface area contributed by atoms with Crippen molar-refractivity contribution in [2.75, 3.05) is 5.73 Å². The van der Waals surface area contributed by atoms with E-state index in [1.54, 1.807) is 6.07 Å². The number of nitrogen functional groups attached to an aromatic ring is 1. The maximum absolute atomic E-state index is 12.9. The van der Waals surface area contributed by atoms with Gasteiger partial charge in [-0.25, -0.2) is 27.1 Å². The van der Waals surface area contributed by atoms with E-state index in [0.29, 0.717) is 24.1 Å². The molecule has 0 saturated heterocycles. The van der Waals surface area contributed by atoms with Gasteiger partial charge in [0.05, 0.1) is 21.7 Å². The Morgan fingerprint density at radius 1 is 0.589 bits per heavy atom. The predicted octanol–water partition coefficient (Wildman–Crippen LogP) is 9.16. The topological polar surface area (TPSA) is 208 Å². The molecule has 0 bridgehead atoms. The first kappa shape index (κ1) is 45.5. The summed E-state index contributed by atoms with van der Waals surface area (Å²) in [7, 11) is -8.37. The van der Waals surface area contributed by atoms with Crippen LogP contribution in [0.2, 0.25) is 0 Å². The van der Waals surface area contributed by atoms with Crippen LogP contribution in [-0.2, 0) is 43.2 Å². The minimum absolute atomic E-state index is 0.0945. The molecule has 56 heavy (non-hydrogen) atoms. The van der Waals surface area contributed by atoms with E-state index in [4.69, 9.17) is 25.5 Å². The van der Waals surface area contributed by atoms with E-state index in [-0.39, 0.29) is 38.7 Å². The van der Waals surface area contributed by atoms with Crippen LogP contribution in [-0.4, -0.2) is 21.8 Å². The number of hydrogen-bond donors (Lipinski definition) is 3. The molecule has 4 aromatic rings. The zero-order valence-corrected chi connectivity index (χ0v) is 32.5. The van der Waals surface area contributed by atoms with Crippen molar-refractivity contribution in [3.05, 3.63) is 105 Å². The summed E-state index contributed by atoms with van der Waals surface area (Å²) in [4.78, 5) is 9.50. The maximum atomic E-state index is 12.9. The fourth-order valence-electron chi connectivity index (χ4n) is 4.87. The number of nitrogens with two attached hydrogens (primary N) is 3. The van der Waals surface area contributed by atoms with Crippen molar-refractivity contribution >= 4 is 31.4 Å². The van der Waals surface area contributed by atoms with Gasteiger partial charge in [-0.15, -0.1) is 0 Å². The zero-order chi connectivity index (χ0) is 42.8. The van der Waals surface area contributed by atoms with Crippen LogP contribution < -0.4 is 25.5 Å². The average molecular weight is 835 g/mol. The predicted molar refractivity (Wildman–Crippen MR) is 196 cm³/mol. The molecule has 0 spiro atoms. The van der Waals surface area contributed by atoms with Crippen LogP contribution in [0.15, 0.2) is 82.6 Å². The highest BCUT2D eigenvalue weighted by molar-refractivity contribution is 7.89. The molecule has 0 amide bonds. The Balaban J connectivity index is 0.000000301. The van der Waals surface area contributed by atoms with Gasteiger partial charge in [-0.05, 0) is 89.4 Å². The molecule has 0 fully saturated rings. The van der Waals surface area contributed by atoms with E-state index in [9.17, 15) is 53.3 Å². The van der Waals surface area contributed by atoms with Crippen LogP contribution in [0, 0.1) is 10.1 Å². The van der Waals surface area contributed by atoms with Gasteiger partial charge in [0.1, 0.15) is 27.0 Å². The van der Waals surface area contributed by atoms with E-state index < -0.39 is 64.8 Å². The summed E-state index contributed by atoms with van der Waals surface area (Å²) < 4.78 is 135. The number of benzene rings is 4. The first-order valence-corrected chi connectivity index (χ1v) is 19.5. The van der Waals surface area contributed by atoms with Crippen molar-refractivity contribution in [3.8, 4) is 23.0 Å². The summed E-state index contributed by atoms with van der Waals surface area (Å²) in [6.07, 6.45) is -7.89. The van der Waals surface area contributed by atoms with Crippen molar-refractivity contribution in [3.63, 3.8) is 0 Å². The fourth-order valence-corrected chi connectivity index (χ4v) is 6.15. The molecule has 6 N–H and O–H groups in total. The van der Waals surface area contributed by atoms with Gasteiger partial charge >= 0.3 is 18.0 Å².